The summed E-state index contributed by atoms with van der Waals surface area (Å²) in [6, 6.07) is 7.06. The first-order chi connectivity index (χ1) is 10.0. The zero-order chi connectivity index (χ0) is 15.4. The fourth-order valence-corrected chi connectivity index (χ4v) is 3.09. The Hall–Kier alpha value is -1.99. The van der Waals surface area contributed by atoms with Gasteiger partial charge in [-0.1, -0.05) is 6.07 Å². The average molecular weight is 307 g/mol. The number of aliphatic hydroxyl groups is 1. The van der Waals surface area contributed by atoms with Crippen LogP contribution in [-0.4, -0.2) is 21.6 Å². The molecule has 1 unspecified atom stereocenters. The van der Waals surface area contributed by atoms with E-state index < -0.39 is 11.0 Å². The highest BCUT2D eigenvalue weighted by Crippen LogP contribution is 2.40. The molecule has 0 aliphatic rings. The number of rotatable bonds is 6. The van der Waals surface area contributed by atoms with Gasteiger partial charge in [0.05, 0.1) is 23.3 Å². The summed E-state index contributed by atoms with van der Waals surface area (Å²) >= 11 is 1.25. The molecule has 1 atom stereocenters. The first-order valence-electron chi connectivity index (χ1n) is 6.64. The smallest absolute Gasteiger partial charge is 0.304 e. The number of nitro groups is 1. The van der Waals surface area contributed by atoms with E-state index in [1.54, 1.807) is 13.1 Å². The zero-order valence-corrected chi connectivity index (χ0v) is 12.7. The van der Waals surface area contributed by atoms with Crippen LogP contribution in [-0.2, 0) is 6.54 Å². The number of nitrogens with zero attached hydrogens (tertiary/aromatic N) is 3. The fourth-order valence-electron chi connectivity index (χ4n) is 1.97. The molecule has 6 nitrogen and oxygen atoms in total. The predicted molar refractivity (Wildman–Crippen MR) is 82.6 cm³/mol. The predicted octanol–water partition coefficient (Wildman–Crippen LogP) is 3.13. The van der Waals surface area contributed by atoms with Crippen molar-refractivity contribution in [2.24, 2.45) is 0 Å². The molecule has 0 aliphatic heterocycles. The van der Waals surface area contributed by atoms with Crippen molar-refractivity contribution >= 4 is 22.0 Å². The maximum absolute atomic E-state index is 11.2. The molecule has 0 radical (unpaired) electrons. The Bertz CT molecular complexity index is 613. The van der Waals surface area contributed by atoms with E-state index in [1.807, 2.05) is 30.0 Å². The molecule has 21 heavy (non-hydrogen) atoms. The average Bonchev–Trinajstić information content (AvgIpc) is 2.91. The second-order valence-electron chi connectivity index (χ2n) is 4.61. The van der Waals surface area contributed by atoms with Crippen molar-refractivity contribution in [2.75, 3.05) is 11.4 Å². The Kier molecular flexibility index (Phi) is 4.87. The summed E-state index contributed by atoms with van der Waals surface area (Å²) in [7, 11) is 0. The topological polar surface area (TPSA) is 79.5 Å². The van der Waals surface area contributed by atoms with Crippen molar-refractivity contribution in [3.63, 3.8) is 0 Å². The second kappa shape index (κ2) is 6.64. The van der Waals surface area contributed by atoms with E-state index in [2.05, 4.69) is 4.98 Å². The lowest BCUT2D eigenvalue weighted by Gasteiger charge is -2.20. The van der Waals surface area contributed by atoms with E-state index >= 15 is 0 Å². The van der Waals surface area contributed by atoms with Crippen LogP contribution in [0.5, 0.6) is 0 Å². The monoisotopic (exact) mass is 307 g/mol. The summed E-state index contributed by atoms with van der Waals surface area (Å²) in [5.74, 6) is 0. The largest absolute Gasteiger partial charge is 0.388 e. The van der Waals surface area contributed by atoms with Gasteiger partial charge in [-0.2, -0.15) is 0 Å². The molecular weight excluding hydrogens is 290 g/mol. The van der Waals surface area contributed by atoms with Crippen molar-refractivity contribution in [2.45, 2.75) is 26.5 Å². The highest BCUT2D eigenvalue weighted by molar-refractivity contribution is 7.16. The number of anilines is 1. The minimum Gasteiger partial charge on any atom is -0.388 e. The normalized spacial score (nSPS) is 12.1. The third-order valence-corrected chi connectivity index (χ3v) is 4.42. The van der Waals surface area contributed by atoms with Crippen molar-refractivity contribution in [3.05, 3.63) is 51.1 Å². The number of pyridine rings is 1. The van der Waals surface area contributed by atoms with Crippen LogP contribution < -0.4 is 4.90 Å². The third kappa shape index (κ3) is 3.56. The van der Waals surface area contributed by atoms with E-state index in [0.717, 1.165) is 5.69 Å². The highest BCUT2D eigenvalue weighted by atomic mass is 32.1. The number of hydrogen-bond donors (Lipinski definition) is 1. The molecule has 1 N–H and O–H groups in total. The van der Waals surface area contributed by atoms with Gasteiger partial charge < -0.3 is 10.0 Å². The molecule has 0 fully saturated rings. The number of aliphatic hydroxyl groups excluding tert-OH is 1. The van der Waals surface area contributed by atoms with Gasteiger partial charge in [-0.15, -0.1) is 11.3 Å². The van der Waals surface area contributed by atoms with E-state index in [-0.39, 0.29) is 5.69 Å². The minimum atomic E-state index is -0.712. The Morgan fingerprint density at radius 1 is 1.52 bits per heavy atom. The molecule has 7 heteroatoms. The van der Waals surface area contributed by atoms with Gasteiger partial charge >= 0.3 is 5.69 Å². The van der Waals surface area contributed by atoms with Crippen molar-refractivity contribution < 1.29 is 10.0 Å². The lowest BCUT2D eigenvalue weighted by atomic mass is 10.3. The van der Waals surface area contributed by atoms with E-state index in [1.165, 1.54) is 17.4 Å². The van der Waals surface area contributed by atoms with Crippen LogP contribution in [0.25, 0.3) is 0 Å². The molecule has 2 aromatic rings. The number of thiophene rings is 1. The standard InChI is InChI=1S/C14H17N3O3S/c1-3-16(9-11-6-4-5-7-15-11)14-12(17(19)20)8-13(21-14)10(2)18/h4-8,10,18H,3,9H2,1-2H3. The highest BCUT2D eigenvalue weighted by Gasteiger charge is 2.25. The van der Waals surface area contributed by atoms with Crippen LogP contribution in [0.15, 0.2) is 30.5 Å². The van der Waals surface area contributed by atoms with Crippen LogP contribution in [0, 0.1) is 10.1 Å². The van der Waals surface area contributed by atoms with Crippen LogP contribution >= 0.6 is 11.3 Å². The Morgan fingerprint density at radius 2 is 2.29 bits per heavy atom. The van der Waals surface area contributed by atoms with Crippen LogP contribution in [0.2, 0.25) is 0 Å². The summed E-state index contributed by atoms with van der Waals surface area (Å²) in [5.41, 5.74) is 0.884. The van der Waals surface area contributed by atoms with Crippen molar-refractivity contribution in [1.82, 2.24) is 4.98 Å². The molecular formula is C14H17N3O3S. The second-order valence-corrected chi connectivity index (χ2v) is 5.67. The molecule has 0 saturated carbocycles. The molecule has 0 bridgehead atoms. The summed E-state index contributed by atoms with van der Waals surface area (Å²) in [6.45, 7) is 4.66. The van der Waals surface area contributed by atoms with Crippen LogP contribution in [0.3, 0.4) is 0 Å². The molecule has 0 aromatic carbocycles. The van der Waals surface area contributed by atoms with E-state index in [4.69, 9.17) is 0 Å². The quantitative estimate of drug-likeness (QED) is 0.655. The molecule has 2 heterocycles. The van der Waals surface area contributed by atoms with Crippen molar-refractivity contribution in [3.8, 4) is 0 Å². The minimum absolute atomic E-state index is 0.0358. The van der Waals surface area contributed by atoms with Crippen LogP contribution in [0.4, 0.5) is 10.7 Å². The molecule has 2 aromatic heterocycles. The van der Waals surface area contributed by atoms with E-state index in [9.17, 15) is 15.2 Å². The molecule has 0 saturated heterocycles. The van der Waals surface area contributed by atoms with E-state index in [0.29, 0.717) is 23.0 Å². The Balaban J connectivity index is 2.35. The van der Waals surface area contributed by atoms with Crippen molar-refractivity contribution in [1.29, 1.82) is 0 Å². The van der Waals surface area contributed by atoms with Gasteiger partial charge in [-0.3, -0.25) is 15.1 Å². The lowest BCUT2D eigenvalue weighted by Crippen LogP contribution is -2.22. The van der Waals surface area contributed by atoms with Gasteiger partial charge in [0.25, 0.3) is 0 Å². The Morgan fingerprint density at radius 3 is 2.81 bits per heavy atom. The van der Waals surface area contributed by atoms with Gasteiger partial charge in [-0.25, -0.2) is 0 Å². The summed E-state index contributed by atoms with van der Waals surface area (Å²) in [5, 5.41) is 21.4. The first kappa shape index (κ1) is 15.4. The summed E-state index contributed by atoms with van der Waals surface area (Å²) in [6.07, 6.45) is 0.990. The number of aromatic nitrogens is 1. The van der Waals surface area contributed by atoms with Gasteiger partial charge in [0.15, 0.2) is 5.00 Å². The summed E-state index contributed by atoms with van der Waals surface area (Å²) in [4.78, 5) is 17.6. The third-order valence-electron chi connectivity index (χ3n) is 3.07. The maximum Gasteiger partial charge on any atom is 0.304 e. The van der Waals surface area contributed by atoms with Gasteiger partial charge in [0.1, 0.15) is 0 Å². The van der Waals surface area contributed by atoms with Gasteiger partial charge in [0, 0.05) is 23.7 Å². The van der Waals surface area contributed by atoms with Gasteiger partial charge in [-0.05, 0) is 26.0 Å². The molecule has 0 aliphatic carbocycles. The SMILES string of the molecule is CCN(Cc1ccccn1)c1sc(C(C)O)cc1[N+](=O)[O-]. The Labute approximate surface area is 126 Å². The molecule has 112 valence electrons. The zero-order valence-electron chi connectivity index (χ0n) is 11.9. The summed E-state index contributed by atoms with van der Waals surface area (Å²) < 4.78 is 0. The number of hydrogen-bond acceptors (Lipinski definition) is 6. The van der Waals surface area contributed by atoms with Gasteiger partial charge in [0.2, 0.25) is 0 Å². The lowest BCUT2D eigenvalue weighted by molar-refractivity contribution is -0.383. The molecule has 0 amide bonds. The maximum atomic E-state index is 11.2. The first-order valence-corrected chi connectivity index (χ1v) is 7.45. The van der Waals surface area contributed by atoms with Crippen LogP contribution in [0.1, 0.15) is 30.5 Å². The molecule has 0 spiro atoms. The fraction of sp³-hybridized carbons (Fsp3) is 0.357. The molecule has 2 rings (SSSR count).